The number of nitrogens with zero attached hydrogens (tertiary/aromatic N) is 4. The largest absolute Gasteiger partial charge is 0.391 e. The second-order valence-corrected chi connectivity index (χ2v) is 3.38. The van der Waals surface area contributed by atoms with Gasteiger partial charge in [0, 0.05) is 13.1 Å². The fraction of sp³-hybridized carbons (Fsp3) is 0.625. The molecule has 0 saturated carbocycles. The summed E-state index contributed by atoms with van der Waals surface area (Å²) in [5.41, 5.74) is 0. The molecule has 0 radical (unpaired) electrons. The zero-order valence-electron chi connectivity index (χ0n) is 7.70. The van der Waals surface area contributed by atoms with Crippen LogP contribution in [0.2, 0.25) is 0 Å². The standard InChI is InChI=1S/C8H12N4O2/c13-7-1-2-11(3-7)8(14)4-12-6-9-5-10-12/h5-7,13H,1-4H2/t7-/m0/s1. The van der Waals surface area contributed by atoms with E-state index in [9.17, 15) is 9.90 Å². The number of carbonyl (C=O) groups excluding carboxylic acids is 1. The maximum absolute atomic E-state index is 11.6. The summed E-state index contributed by atoms with van der Waals surface area (Å²) in [6.45, 7) is 1.27. The van der Waals surface area contributed by atoms with Crippen LogP contribution in [0.1, 0.15) is 6.42 Å². The van der Waals surface area contributed by atoms with Gasteiger partial charge in [0.25, 0.3) is 0 Å². The number of likely N-dealkylation sites (tertiary alicyclic amines) is 1. The van der Waals surface area contributed by atoms with Crippen LogP contribution in [-0.2, 0) is 11.3 Å². The van der Waals surface area contributed by atoms with Gasteiger partial charge in [-0.3, -0.25) is 4.79 Å². The van der Waals surface area contributed by atoms with E-state index < -0.39 is 0 Å². The van der Waals surface area contributed by atoms with Gasteiger partial charge in [-0.2, -0.15) is 5.10 Å². The lowest BCUT2D eigenvalue weighted by Gasteiger charge is -2.14. The molecule has 2 heterocycles. The summed E-state index contributed by atoms with van der Waals surface area (Å²) in [6, 6.07) is 0. The van der Waals surface area contributed by atoms with Crippen molar-refractivity contribution < 1.29 is 9.90 Å². The lowest BCUT2D eigenvalue weighted by atomic mass is 10.3. The summed E-state index contributed by atoms with van der Waals surface area (Å²) in [5.74, 6) is -0.0212. The highest BCUT2D eigenvalue weighted by atomic mass is 16.3. The van der Waals surface area contributed by atoms with Gasteiger partial charge in [0.15, 0.2) is 0 Å². The Hall–Kier alpha value is -1.43. The van der Waals surface area contributed by atoms with Crippen molar-refractivity contribution in [3.05, 3.63) is 12.7 Å². The molecular formula is C8H12N4O2. The normalized spacial score (nSPS) is 21.5. The van der Waals surface area contributed by atoms with Crippen molar-refractivity contribution in [3.63, 3.8) is 0 Å². The van der Waals surface area contributed by atoms with Crippen LogP contribution in [-0.4, -0.2) is 49.9 Å². The molecule has 1 aromatic heterocycles. The minimum Gasteiger partial charge on any atom is -0.391 e. The maximum atomic E-state index is 11.6. The van der Waals surface area contributed by atoms with Gasteiger partial charge >= 0.3 is 0 Å². The van der Waals surface area contributed by atoms with Crippen LogP contribution in [0.5, 0.6) is 0 Å². The first kappa shape index (κ1) is 9.14. The molecule has 76 valence electrons. The summed E-state index contributed by atoms with van der Waals surface area (Å²) < 4.78 is 1.48. The van der Waals surface area contributed by atoms with Crippen LogP contribution >= 0.6 is 0 Å². The van der Waals surface area contributed by atoms with Crippen LogP contribution in [0.25, 0.3) is 0 Å². The van der Waals surface area contributed by atoms with Gasteiger partial charge in [0.2, 0.25) is 5.91 Å². The average molecular weight is 196 g/mol. The van der Waals surface area contributed by atoms with E-state index in [1.165, 1.54) is 17.3 Å². The molecule has 6 heteroatoms. The third-order valence-electron chi connectivity index (χ3n) is 2.28. The van der Waals surface area contributed by atoms with Gasteiger partial charge in [-0.25, -0.2) is 9.67 Å². The van der Waals surface area contributed by atoms with Gasteiger partial charge in [-0.15, -0.1) is 0 Å². The van der Waals surface area contributed by atoms with E-state index in [0.717, 1.165) is 0 Å². The number of hydrogen-bond acceptors (Lipinski definition) is 4. The fourth-order valence-corrected chi connectivity index (χ4v) is 1.52. The third-order valence-corrected chi connectivity index (χ3v) is 2.28. The van der Waals surface area contributed by atoms with Crippen LogP contribution < -0.4 is 0 Å². The smallest absolute Gasteiger partial charge is 0.244 e. The minimum atomic E-state index is -0.366. The average Bonchev–Trinajstić information content (AvgIpc) is 2.75. The second kappa shape index (κ2) is 3.75. The number of amides is 1. The first-order valence-corrected chi connectivity index (χ1v) is 4.54. The molecule has 0 aromatic carbocycles. The van der Waals surface area contributed by atoms with Crippen molar-refractivity contribution in [3.8, 4) is 0 Å². The third kappa shape index (κ3) is 1.90. The predicted molar refractivity (Wildman–Crippen MR) is 47.2 cm³/mol. The summed E-state index contributed by atoms with van der Waals surface area (Å²) >= 11 is 0. The molecule has 2 rings (SSSR count). The predicted octanol–water partition coefficient (Wildman–Crippen LogP) is -1.13. The molecule has 1 aromatic rings. The first-order chi connectivity index (χ1) is 6.75. The molecule has 0 spiro atoms. The van der Waals surface area contributed by atoms with Crippen molar-refractivity contribution in [2.24, 2.45) is 0 Å². The molecule has 0 aliphatic carbocycles. The van der Waals surface area contributed by atoms with Crippen LogP contribution in [0.3, 0.4) is 0 Å². The SMILES string of the molecule is O=C(Cn1cncn1)N1CC[C@H](O)C1. The molecule has 14 heavy (non-hydrogen) atoms. The molecule has 1 amide bonds. The summed E-state index contributed by atoms with van der Waals surface area (Å²) in [7, 11) is 0. The minimum absolute atomic E-state index is 0.0212. The zero-order valence-corrected chi connectivity index (χ0v) is 7.70. The Kier molecular flexibility index (Phi) is 2.45. The quantitative estimate of drug-likeness (QED) is 0.649. The second-order valence-electron chi connectivity index (χ2n) is 3.38. The summed E-state index contributed by atoms with van der Waals surface area (Å²) in [5, 5.41) is 13.1. The molecule has 1 saturated heterocycles. The Morgan fingerprint density at radius 2 is 2.50 bits per heavy atom. The van der Waals surface area contributed by atoms with Crippen LogP contribution in [0, 0.1) is 0 Å². The van der Waals surface area contributed by atoms with Gasteiger partial charge in [0.1, 0.15) is 19.2 Å². The van der Waals surface area contributed by atoms with Crippen LogP contribution in [0.15, 0.2) is 12.7 Å². The van der Waals surface area contributed by atoms with Gasteiger partial charge < -0.3 is 10.0 Å². The van der Waals surface area contributed by atoms with E-state index in [-0.39, 0.29) is 18.6 Å². The number of β-amino-alcohol motifs (C(OH)–C–C–N with tert-alkyl or cyclic N) is 1. The van der Waals surface area contributed by atoms with E-state index in [4.69, 9.17) is 0 Å². The summed E-state index contributed by atoms with van der Waals surface area (Å²) in [6.07, 6.45) is 3.20. The number of carbonyl (C=O) groups is 1. The lowest BCUT2D eigenvalue weighted by molar-refractivity contribution is -0.131. The van der Waals surface area contributed by atoms with Gasteiger partial charge in [-0.05, 0) is 6.42 Å². The molecular weight excluding hydrogens is 184 g/mol. The fourth-order valence-electron chi connectivity index (χ4n) is 1.52. The highest BCUT2D eigenvalue weighted by Gasteiger charge is 2.24. The molecule has 0 unspecified atom stereocenters. The van der Waals surface area contributed by atoms with E-state index in [2.05, 4.69) is 10.1 Å². The Bertz CT molecular complexity index is 311. The molecule has 1 aliphatic heterocycles. The molecule has 1 fully saturated rings. The number of aliphatic hydroxyl groups excluding tert-OH is 1. The van der Waals surface area contributed by atoms with Crippen molar-refractivity contribution in [1.29, 1.82) is 0 Å². The monoisotopic (exact) mass is 196 g/mol. The lowest BCUT2D eigenvalue weighted by Crippen LogP contribution is -2.32. The first-order valence-electron chi connectivity index (χ1n) is 4.54. The molecule has 0 bridgehead atoms. The molecule has 6 nitrogen and oxygen atoms in total. The van der Waals surface area contributed by atoms with Crippen molar-refractivity contribution in [1.82, 2.24) is 19.7 Å². The zero-order chi connectivity index (χ0) is 9.97. The van der Waals surface area contributed by atoms with Crippen molar-refractivity contribution in [2.45, 2.75) is 19.1 Å². The Morgan fingerprint density at radius 1 is 1.64 bits per heavy atom. The Labute approximate surface area is 81.2 Å². The topological polar surface area (TPSA) is 71.2 Å². The van der Waals surface area contributed by atoms with E-state index in [0.29, 0.717) is 19.5 Å². The number of rotatable bonds is 2. The van der Waals surface area contributed by atoms with Gasteiger partial charge in [-0.1, -0.05) is 0 Å². The molecule has 1 N–H and O–H groups in total. The van der Waals surface area contributed by atoms with Crippen molar-refractivity contribution >= 4 is 5.91 Å². The highest BCUT2D eigenvalue weighted by Crippen LogP contribution is 2.08. The number of aromatic nitrogens is 3. The molecule has 1 atom stereocenters. The van der Waals surface area contributed by atoms with Gasteiger partial charge in [0.05, 0.1) is 6.10 Å². The Balaban J connectivity index is 1.90. The van der Waals surface area contributed by atoms with Crippen LogP contribution in [0.4, 0.5) is 0 Å². The number of aliphatic hydroxyl groups is 1. The summed E-state index contributed by atoms with van der Waals surface area (Å²) in [4.78, 5) is 17.0. The van der Waals surface area contributed by atoms with E-state index >= 15 is 0 Å². The van der Waals surface area contributed by atoms with Crippen molar-refractivity contribution in [2.75, 3.05) is 13.1 Å². The highest BCUT2D eigenvalue weighted by molar-refractivity contribution is 5.76. The maximum Gasteiger partial charge on any atom is 0.244 e. The number of hydrogen-bond donors (Lipinski definition) is 1. The van der Waals surface area contributed by atoms with E-state index in [1.807, 2.05) is 0 Å². The Morgan fingerprint density at radius 3 is 3.07 bits per heavy atom. The van der Waals surface area contributed by atoms with E-state index in [1.54, 1.807) is 4.90 Å². The molecule has 1 aliphatic rings.